The third-order valence-electron chi connectivity index (χ3n) is 2.95. The number of carbonyl (C=O) groups is 3. The van der Waals surface area contributed by atoms with Crippen LogP contribution in [-0.2, 0) is 20.8 Å². The fraction of sp³-hybridized carbons (Fsp3) is 0.538. The number of oxazole rings is 1. The molecule has 1 fully saturated rings. The van der Waals surface area contributed by atoms with Crippen molar-refractivity contribution in [2.45, 2.75) is 39.2 Å². The molecule has 0 aromatic carbocycles. The van der Waals surface area contributed by atoms with Gasteiger partial charge in [-0.05, 0) is 13.3 Å². The summed E-state index contributed by atoms with van der Waals surface area (Å²) in [5.41, 5.74) is 0.388. The molecule has 114 valence electrons. The summed E-state index contributed by atoms with van der Waals surface area (Å²) in [7, 11) is 0. The Kier molecular flexibility index (Phi) is 4.56. The van der Waals surface area contributed by atoms with Crippen molar-refractivity contribution in [3.05, 3.63) is 11.6 Å². The van der Waals surface area contributed by atoms with Crippen LogP contribution in [0.1, 0.15) is 31.4 Å². The van der Waals surface area contributed by atoms with Crippen molar-refractivity contribution in [2.75, 3.05) is 6.61 Å². The second-order valence-electron chi connectivity index (χ2n) is 4.65. The number of carbonyl (C=O) groups excluding carboxylic acids is 3. The molecule has 21 heavy (non-hydrogen) atoms. The predicted molar refractivity (Wildman–Crippen MR) is 70.4 cm³/mol. The van der Waals surface area contributed by atoms with Gasteiger partial charge in [-0.2, -0.15) is 0 Å². The summed E-state index contributed by atoms with van der Waals surface area (Å²) < 4.78 is 10.5. The number of nitrogens with zero attached hydrogens (tertiary/aromatic N) is 1. The molecule has 2 heterocycles. The van der Waals surface area contributed by atoms with Gasteiger partial charge in [-0.1, -0.05) is 0 Å². The highest BCUT2D eigenvalue weighted by atomic mass is 16.6. The Morgan fingerprint density at radius 3 is 2.95 bits per heavy atom. The lowest BCUT2D eigenvalue weighted by atomic mass is 10.1. The molecule has 0 aliphatic carbocycles. The van der Waals surface area contributed by atoms with E-state index in [4.69, 9.17) is 9.15 Å². The second kappa shape index (κ2) is 6.38. The number of hydrogen-bond acceptors (Lipinski definition) is 6. The van der Waals surface area contributed by atoms with Gasteiger partial charge >= 0.3 is 5.95 Å². The molecule has 1 aromatic rings. The second-order valence-corrected chi connectivity index (χ2v) is 4.65. The summed E-state index contributed by atoms with van der Waals surface area (Å²) in [6.07, 6.45) is 0.459. The normalized spacial score (nSPS) is 18.3. The lowest BCUT2D eigenvalue weighted by Crippen LogP contribution is -2.52. The molecule has 8 nitrogen and oxygen atoms in total. The average Bonchev–Trinajstić information content (AvgIpc) is 2.73. The Balaban J connectivity index is 1.95. The van der Waals surface area contributed by atoms with Crippen LogP contribution in [0.25, 0.3) is 0 Å². The first-order chi connectivity index (χ1) is 9.99. The molecule has 1 aromatic heterocycles. The van der Waals surface area contributed by atoms with Crippen LogP contribution in [0.5, 0.6) is 5.95 Å². The Hall–Kier alpha value is -2.38. The Morgan fingerprint density at radius 1 is 1.52 bits per heavy atom. The molecule has 8 heteroatoms. The van der Waals surface area contributed by atoms with Gasteiger partial charge in [0.25, 0.3) is 0 Å². The monoisotopic (exact) mass is 295 g/mol. The van der Waals surface area contributed by atoms with E-state index < -0.39 is 11.9 Å². The zero-order valence-corrected chi connectivity index (χ0v) is 11.9. The predicted octanol–water partition coefficient (Wildman–Crippen LogP) is -0.154. The number of hydrogen-bond donors (Lipinski definition) is 2. The van der Waals surface area contributed by atoms with Crippen LogP contribution in [0.2, 0.25) is 0 Å². The number of imide groups is 1. The van der Waals surface area contributed by atoms with Gasteiger partial charge < -0.3 is 14.5 Å². The Bertz CT molecular complexity index is 566. The first kappa shape index (κ1) is 15.0. The molecule has 0 radical (unpaired) electrons. The van der Waals surface area contributed by atoms with Gasteiger partial charge in [0.15, 0.2) is 5.89 Å². The molecule has 2 rings (SSSR count). The molecule has 0 bridgehead atoms. The minimum atomic E-state index is -0.696. The van der Waals surface area contributed by atoms with Gasteiger partial charge in [0.05, 0.1) is 13.0 Å². The van der Waals surface area contributed by atoms with Gasteiger partial charge in [-0.25, -0.2) is 4.98 Å². The molecule has 1 aliphatic heterocycles. The van der Waals surface area contributed by atoms with Crippen molar-refractivity contribution >= 4 is 17.7 Å². The number of rotatable bonds is 5. The van der Waals surface area contributed by atoms with Gasteiger partial charge in [0.1, 0.15) is 11.7 Å². The molecule has 3 amide bonds. The maximum atomic E-state index is 12.0. The molecule has 2 N–H and O–H groups in total. The number of nitrogens with one attached hydrogen (secondary N) is 2. The third kappa shape index (κ3) is 3.80. The lowest BCUT2D eigenvalue weighted by molar-refractivity contribution is -0.137. The van der Waals surface area contributed by atoms with Crippen molar-refractivity contribution < 1.29 is 23.5 Å². The summed E-state index contributed by atoms with van der Waals surface area (Å²) in [6.45, 7) is 3.85. The third-order valence-corrected chi connectivity index (χ3v) is 2.95. The van der Waals surface area contributed by atoms with Crippen LogP contribution in [0.15, 0.2) is 4.42 Å². The molecule has 1 atom stereocenters. The van der Waals surface area contributed by atoms with Crippen LogP contribution >= 0.6 is 0 Å². The van der Waals surface area contributed by atoms with Crippen molar-refractivity contribution in [3.8, 4) is 5.95 Å². The molecule has 1 saturated heterocycles. The van der Waals surface area contributed by atoms with E-state index in [-0.39, 0.29) is 30.6 Å². The summed E-state index contributed by atoms with van der Waals surface area (Å²) >= 11 is 0. The van der Waals surface area contributed by atoms with Crippen molar-refractivity contribution in [3.63, 3.8) is 0 Å². The van der Waals surface area contributed by atoms with E-state index in [1.54, 1.807) is 13.8 Å². The number of aromatic nitrogens is 1. The molecule has 0 saturated carbocycles. The largest absolute Gasteiger partial charge is 0.464 e. The van der Waals surface area contributed by atoms with Crippen LogP contribution in [0.3, 0.4) is 0 Å². The van der Waals surface area contributed by atoms with Crippen LogP contribution < -0.4 is 15.4 Å². The van der Waals surface area contributed by atoms with Gasteiger partial charge in [0.2, 0.25) is 17.7 Å². The highest BCUT2D eigenvalue weighted by molar-refractivity contribution is 6.01. The first-order valence-electron chi connectivity index (χ1n) is 6.71. The fourth-order valence-electron chi connectivity index (χ4n) is 2.04. The highest BCUT2D eigenvalue weighted by Gasteiger charge is 2.28. The number of ether oxygens (including phenoxy) is 1. The maximum Gasteiger partial charge on any atom is 0.309 e. The van der Waals surface area contributed by atoms with E-state index in [1.165, 1.54) is 0 Å². The number of piperidine rings is 1. The quantitative estimate of drug-likeness (QED) is 0.731. The molecule has 1 unspecified atom stereocenters. The minimum absolute atomic E-state index is 0.0512. The molecule has 1 aliphatic rings. The maximum absolute atomic E-state index is 12.0. The summed E-state index contributed by atoms with van der Waals surface area (Å²) in [5.74, 6) is -0.563. The van der Waals surface area contributed by atoms with E-state index >= 15 is 0 Å². The van der Waals surface area contributed by atoms with E-state index in [0.29, 0.717) is 24.6 Å². The summed E-state index contributed by atoms with van der Waals surface area (Å²) in [5, 5.41) is 4.76. The standard InChI is InChI=1S/C13H17N3O5/c1-3-20-13-9(14-7(2)21-13)6-11(18)15-8-4-5-10(17)16-12(8)19/h8H,3-6H2,1-2H3,(H,15,18)(H,16,17,19). The average molecular weight is 295 g/mol. The van der Waals surface area contributed by atoms with Crippen molar-refractivity contribution in [2.24, 2.45) is 0 Å². The van der Waals surface area contributed by atoms with Crippen molar-refractivity contribution in [1.82, 2.24) is 15.6 Å². The van der Waals surface area contributed by atoms with Crippen molar-refractivity contribution in [1.29, 1.82) is 0 Å². The van der Waals surface area contributed by atoms with Crippen LogP contribution in [-0.4, -0.2) is 35.4 Å². The van der Waals surface area contributed by atoms with Gasteiger partial charge in [-0.15, -0.1) is 0 Å². The van der Waals surface area contributed by atoms with E-state index in [2.05, 4.69) is 15.6 Å². The smallest absolute Gasteiger partial charge is 0.309 e. The zero-order chi connectivity index (χ0) is 15.4. The van der Waals surface area contributed by atoms with Gasteiger partial charge in [-0.3, -0.25) is 19.7 Å². The Morgan fingerprint density at radius 2 is 2.29 bits per heavy atom. The van der Waals surface area contributed by atoms with Crippen LogP contribution in [0.4, 0.5) is 0 Å². The Labute approximate surface area is 121 Å². The SMILES string of the molecule is CCOc1oc(C)nc1CC(=O)NC1CCC(=O)NC1=O. The highest BCUT2D eigenvalue weighted by Crippen LogP contribution is 2.20. The molecular weight excluding hydrogens is 278 g/mol. The molecule has 0 spiro atoms. The number of aryl methyl sites for hydroxylation is 1. The topological polar surface area (TPSA) is 111 Å². The van der Waals surface area contributed by atoms with E-state index in [9.17, 15) is 14.4 Å². The van der Waals surface area contributed by atoms with Gasteiger partial charge in [0, 0.05) is 13.3 Å². The van der Waals surface area contributed by atoms with E-state index in [0.717, 1.165) is 0 Å². The van der Waals surface area contributed by atoms with E-state index in [1.807, 2.05) is 0 Å². The summed E-state index contributed by atoms with van der Waals surface area (Å²) in [6, 6.07) is -0.696. The first-order valence-corrected chi connectivity index (χ1v) is 6.71. The summed E-state index contributed by atoms with van der Waals surface area (Å²) in [4.78, 5) is 38.6. The number of amides is 3. The van der Waals surface area contributed by atoms with Crippen LogP contribution in [0, 0.1) is 6.92 Å². The fourth-order valence-corrected chi connectivity index (χ4v) is 2.04. The minimum Gasteiger partial charge on any atom is -0.464 e. The zero-order valence-electron chi connectivity index (χ0n) is 11.9. The lowest BCUT2D eigenvalue weighted by Gasteiger charge is -2.21. The molecular formula is C13H17N3O5.